The predicted molar refractivity (Wildman–Crippen MR) is 77.8 cm³/mol. The minimum atomic E-state index is -2.40. The summed E-state index contributed by atoms with van der Waals surface area (Å²) >= 11 is 0. The zero-order valence-corrected chi connectivity index (χ0v) is 12.1. The van der Waals surface area contributed by atoms with E-state index in [9.17, 15) is 8.78 Å². The highest BCUT2D eigenvalue weighted by atomic mass is 19.3. The van der Waals surface area contributed by atoms with Crippen LogP contribution in [0.5, 0.6) is 0 Å². The van der Waals surface area contributed by atoms with E-state index in [4.69, 9.17) is 5.73 Å². The number of nitrogens with zero attached hydrogens (tertiary/aromatic N) is 1. The second-order valence-corrected chi connectivity index (χ2v) is 5.66. The molecule has 1 aliphatic carbocycles. The van der Waals surface area contributed by atoms with E-state index in [1.165, 1.54) is 25.0 Å². The molecule has 20 heavy (non-hydrogen) atoms. The van der Waals surface area contributed by atoms with Crippen molar-refractivity contribution in [3.63, 3.8) is 0 Å². The van der Waals surface area contributed by atoms with Crippen molar-refractivity contribution in [2.75, 3.05) is 19.6 Å². The molecule has 1 aliphatic rings. The van der Waals surface area contributed by atoms with Gasteiger partial charge in [0, 0.05) is 24.7 Å². The van der Waals surface area contributed by atoms with Crippen LogP contribution in [-0.2, 0) is 0 Å². The maximum atomic E-state index is 12.6. The SMILES string of the molecule is CCCN(CC1CC1)C(CN)c1ccc(C(F)F)cc1. The van der Waals surface area contributed by atoms with E-state index in [0.717, 1.165) is 31.0 Å². The Labute approximate surface area is 120 Å². The van der Waals surface area contributed by atoms with E-state index in [-0.39, 0.29) is 11.6 Å². The van der Waals surface area contributed by atoms with Gasteiger partial charge in [0.05, 0.1) is 0 Å². The molecule has 0 aromatic heterocycles. The maximum absolute atomic E-state index is 12.6. The zero-order chi connectivity index (χ0) is 14.5. The summed E-state index contributed by atoms with van der Waals surface area (Å²) in [5.41, 5.74) is 7.06. The summed E-state index contributed by atoms with van der Waals surface area (Å²) in [6.07, 6.45) is 1.29. The first-order valence-corrected chi connectivity index (χ1v) is 7.47. The second-order valence-electron chi connectivity index (χ2n) is 5.66. The molecule has 1 saturated carbocycles. The van der Waals surface area contributed by atoms with Crippen LogP contribution in [0.4, 0.5) is 8.78 Å². The predicted octanol–water partition coefficient (Wildman–Crippen LogP) is 3.75. The van der Waals surface area contributed by atoms with Crippen molar-refractivity contribution in [3.05, 3.63) is 35.4 Å². The lowest BCUT2D eigenvalue weighted by Gasteiger charge is -2.31. The van der Waals surface area contributed by atoms with Crippen molar-refractivity contribution in [2.45, 2.75) is 38.7 Å². The van der Waals surface area contributed by atoms with Crippen LogP contribution in [0, 0.1) is 5.92 Å². The molecule has 2 N–H and O–H groups in total. The summed E-state index contributed by atoms with van der Waals surface area (Å²) in [6, 6.07) is 6.78. The molecule has 0 saturated heterocycles. The summed E-state index contributed by atoms with van der Waals surface area (Å²) in [6.45, 7) is 4.77. The number of hydrogen-bond acceptors (Lipinski definition) is 2. The normalized spacial score (nSPS) is 16.9. The minimum Gasteiger partial charge on any atom is -0.329 e. The average Bonchev–Trinajstić information content (AvgIpc) is 3.24. The Kier molecular flexibility index (Phi) is 5.49. The monoisotopic (exact) mass is 282 g/mol. The molecule has 0 bridgehead atoms. The van der Waals surface area contributed by atoms with Crippen LogP contribution >= 0.6 is 0 Å². The van der Waals surface area contributed by atoms with E-state index in [1.807, 2.05) is 0 Å². The Balaban J connectivity index is 2.10. The Morgan fingerprint density at radius 1 is 1.20 bits per heavy atom. The van der Waals surface area contributed by atoms with Crippen LogP contribution in [-0.4, -0.2) is 24.5 Å². The molecule has 0 spiro atoms. The van der Waals surface area contributed by atoms with Gasteiger partial charge in [-0.3, -0.25) is 4.90 Å². The first-order chi connectivity index (χ1) is 9.65. The van der Waals surface area contributed by atoms with Crippen molar-refractivity contribution in [2.24, 2.45) is 11.7 Å². The van der Waals surface area contributed by atoms with E-state index < -0.39 is 6.43 Å². The Hall–Kier alpha value is -1.00. The third kappa shape index (κ3) is 4.00. The highest BCUT2D eigenvalue weighted by Crippen LogP contribution is 2.33. The molecule has 1 aromatic rings. The standard InChI is InChI=1S/C16H24F2N2/c1-2-9-20(11-12-3-4-12)15(10-19)13-5-7-14(8-6-13)16(17)18/h5-8,12,15-16H,2-4,9-11,19H2,1H3. The fourth-order valence-electron chi connectivity index (χ4n) is 2.65. The number of halogens is 2. The molecule has 1 fully saturated rings. The zero-order valence-electron chi connectivity index (χ0n) is 12.1. The topological polar surface area (TPSA) is 29.3 Å². The highest BCUT2D eigenvalue weighted by molar-refractivity contribution is 5.26. The molecule has 2 rings (SSSR count). The maximum Gasteiger partial charge on any atom is 0.263 e. The molecule has 0 aliphatic heterocycles. The van der Waals surface area contributed by atoms with Crippen LogP contribution in [0.2, 0.25) is 0 Å². The fourth-order valence-corrected chi connectivity index (χ4v) is 2.65. The number of rotatable bonds is 8. The van der Waals surface area contributed by atoms with Gasteiger partial charge in [-0.15, -0.1) is 0 Å². The summed E-state index contributed by atoms with van der Waals surface area (Å²) in [7, 11) is 0. The summed E-state index contributed by atoms with van der Waals surface area (Å²) < 4.78 is 25.2. The second kappa shape index (κ2) is 7.14. The lowest BCUT2D eigenvalue weighted by molar-refractivity contribution is 0.151. The van der Waals surface area contributed by atoms with Gasteiger partial charge < -0.3 is 5.73 Å². The quantitative estimate of drug-likeness (QED) is 0.787. The first kappa shape index (κ1) is 15.4. The first-order valence-electron chi connectivity index (χ1n) is 7.47. The molecule has 0 amide bonds. The van der Waals surface area contributed by atoms with Gasteiger partial charge in [0.25, 0.3) is 6.43 Å². The molecule has 4 heteroatoms. The van der Waals surface area contributed by atoms with Crippen molar-refractivity contribution < 1.29 is 8.78 Å². The third-order valence-corrected chi connectivity index (χ3v) is 3.94. The Morgan fingerprint density at radius 3 is 2.25 bits per heavy atom. The molecule has 1 atom stereocenters. The molecule has 1 unspecified atom stereocenters. The number of nitrogens with two attached hydrogens (primary N) is 1. The van der Waals surface area contributed by atoms with E-state index >= 15 is 0 Å². The van der Waals surface area contributed by atoms with E-state index in [0.29, 0.717) is 6.54 Å². The minimum absolute atomic E-state index is 0.0776. The van der Waals surface area contributed by atoms with Gasteiger partial charge in [-0.05, 0) is 37.3 Å². The lowest BCUT2D eigenvalue weighted by Crippen LogP contribution is -2.36. The molecule has 0 radical (unpaired) electrons. The number of benzene rings is 1. The summed E-state index contributed by atoms with van der Waals surface area (Å²) in [5, 5.41) is 0. The van der Waals surface area contributed by atoms with Gasteiger partial charge in [0.2, 0.25) is 0 Å². The lowest BCUT2D eigenvalue weighted by atomic mass is 10.0. The van der Waals surface area contributed by atoms with Gasteiger partial charge in [0.15, 0.2) is 0 Å². The van der Waals surface area contributed by atoms with Crippen LogP contribution in [0.15, 0.2) is 24.3 Å². The van der Waals surface area contributed by atoms with Crippen molar-refractivity contribution >= 4 is 0 Å². The smallest absolute Gasteiger partial charge is 0.263 e. The molecule has 112 valence electrons. The summed E-state index contributed by atoms with van der Waals surface area (Å²) in [4.78, 5) is 2.41. The van der Waals surface area contributed by atoms with Gasteiger partial charge in [-0.2, -0.15) is 0 Å². The van der Waals surface area contributed by atoms with Crippen molar-refractivity contribution in [1.82, 2.24) is 4.90 Å². The molecular formula is C16H24F2N2. The Morgan fingerprint density at radius 2 is 1.80 bits per heavy atom. The molecule has 2 nitrogen and oxygen atoms in total. The molecule has 1 aromatic carbocycles. The van der Waals surface area contributed by atoms with Crippen LogP contribution < -0.4 is 5.73 Å². The summed E-state index contributed by atoms with van der Waals surface area (Å²) in [5.74, 6) is 0.802. The van der Waals surface area contributed by atoms with Crippen LogP contribution in [0.25, 0.3) is 0 Å². The molecule has 0 heterocycles. The van der Waals surface area contributed by atoms with E-state index in [2.05, 4.69) is 11.8 Å². The third-order valence-electron chi connectivity index (χ3n) is 3.94. The van der Waals surface area contributed by atoms with Crippen molar-refractivity contribution in [3.8, 4) is 0 Å². The van der Waals surface area contributed by atoms with Gasteiger partial charge >= 0.3 is 0 Å². The average molecular weight is 282 g/mol. The van der Waals surface area contributed by atoms with Crippen LogP contribution in [0.1, 0.15) is 49.8 Å². The number of alkyl halides is 2. The van der Waals surface area contributed by atoms with Gasteiger partial charge in [-0.25, -0.2) is 8.78 Å². The fraction of sp³-hybridized carbons (Fsp3) is 0.625. The van der Waals surface area contributed by atoms with Gasteiger partial charge in [-0.1, -0.05) is 31.2 Å². The Bertz CT molecular complexity index is 401. The highest BCUT2D eigenvalue weighted by Gasteiger charge is 2.28. The largest absolute Gasteiger partial charge is 0.329 e. The van der Waals surface area contributed by atoms with Gasteiger partial charge in [0.1, 0.15) is 0 Å². The van der Waals surface area contributed by atoms with E-state index in [1.54, 1.807) is 12.1 Å². The van der Waals surface area contributed by atoms with Crippen molar-refractivity contribution in [1.29, 1.82) is 0 Å². The molecular weight excluding hydrogens is 258 g/mol. The van der Waals surface area contributed by atoms with Crippen LogP contribution in [0.3, 0.4) is 0 Å². The number of hydrogen-bond donors (Lipinski definition) is 1.